The van der Waals surface area contributed by atoms with Crippen LogP contribution in [0.2, 0.25) is 0 Å². The van der Waals surface area contributed by atoms with Crippen molar-refractivity contribution in [2.75, 3.05) is 6.54 Å². The molecule has 1 saturated heterocycles. The van der Waals surface area contributed by atoms with Crippen molar-refractivity contribution in [3.63, 3.8) is 0 Å². The third-order valence-electron chi connectivity index (χ3n) is 1.54. The lowest BCUT2D eigenvalue weighted by molar-refractivity contribution is -0.127. The molecule has 16 heavy (non-hydrogen) atoms. The Morgan fingerprint density at radius 2 is 2.00 bits per heavy atom. The number of imide groups is 1. The summed E-state index contributed by atoms with van der Waals surface area (Å²) in [6.45, 7) is -0.412. The van der Waals surface area contributed by atoms with E-state index in [1.165, 1.54) is 0 Å². The van der Waals surface area contributed by atoms with Crippen molar-refractivity contribution in [2.24, 2.45) is 5.73 Å². The van der Waals surface area contributed by atoms with Crippen LogP contribution in [0.1, 0.15) is 6.42 Å². The zero-order valence-electron chi connectivity index (χ0n) is 8.11. The highest BCUT2D eigenvalue weighted by Gasteiger charge is 2.27. The van der Waals surface area contributed by atoms with Crippen molar-refractivity contribution in [2.45, 2.75) is 18.4 Å². The van der Waals surface area contributed by atoms with Gasteiger partial charge in [0, 0.05) is 6.54 Å². The summed E-state index contributed by atoms with van der Waals surface area (Å²) < 4.78 is 9.93. The van der Waals surface area contributed by atoms with E-state index in [1.807, 2.05) is 5.32 Å². The molecule has 0 radical (unpaired) electrons. The van der Waals surface area contributed by atoms with E-state index in [0.717, 1.165) is 0 Å². The van der Waals surface area contributed by atoms with Crippen LogP contribution in [-0.2, 0) is 14.2 Å². The summed E-state index contributed by atoms with van der Waals surface area (Å²) in [5.41, 5.74) is 4.72. The molecule has 1 fully saturated rings. The Labute approximate surface area is 90.4 Å². The maximum absolute atomic E-state index is 10.2. The molecule has 2 unspecified atom stereocenters. The molecule has 9 nitrogen and oxygen atoms in total. The fourth-order valence-corrected chi connectivity index (χ4v) is 0.952. The van der Waals surface area contributed by atoms with Crippen molar-refractivity contribution in [1.29, 1.82) is 0 Å². The maximum Gasteiger partial charge on any atom is 0.355 e. The van der Waals surface area contributed by atoms with Gasteiger partial charge in [0.05, 0.1) is 6.42 Å². The largest absolute Gasteiger partial charge is 0.383 e. The number of nitrogens with two attached hydrogens (primary N) is 1. The molecule has 0 saturated carbocycles. The molecule has 0 aromatic heterocycles. The van der Waals surface area contributed by atoms with Gasteiger partial charge in [-0.2, -0.15) is 0 Å². The van der Waals surface area contributed by atoms with E-state index in [9.17, 15) is 14.2 Å². The van der Waals surface area contributed by atoms with Crippen LogP contribution in [0.3, 0.4) is 0 Å². The molecule has 2 atom stereocenters. The first-order valence-corrected chi connectivity index (χ1v) is 5.81. The van der Waals surface area contributed by atoms with Crippen molar-refractivity contribution in [3.8, 4) is 0 Å². The minimum atomic E-state index is -4.33. The van der Waals surface area contributed by atoms with Gasteiger partial charge < -0.3 is 25.7 Å². The van der Waals surface area contributed by atoms with Gasteiger partial charge in [-0.15, -0.1) is 0 Å². The Kier molecular flexibility index (Phi) is 5.73. The van der Waals surface area contributed by atoms with Crippen LogP contribution in [-0.4, -0.2) is 50.3 Å². The molecule has 1 rings (SSSR count). The minimum absolute atomic E-state index is 0.0845. The molecule has 1 aliphatic heterocycles. The van der Waals surface area contributed by atoms with E-state index >= 15 is 0 Å². The predicted octanol–water partition coefficient (Wildman–Crippen LogP) is -3.16. The van der Waals surface area contributed by atoms with Crippen molar-refractivity contribution < 1.29 is 34.2 Å². The highest BCUT2D eigenvalue weighted by atomic mass is 31.2. The van der Waals surface area contributed by atoms with Crippen molar-refractivity contribution in [1.82, 2.24) is 5.32 Å². The third-order valence-corrected chi connectivity index (χ3v) is 2.53. The van der Waals surface area contributed by atoms with Gasteiger partial charge in [0.25, 0.3) is 5.91 Å². The summed E-state index contributed by atoms with van der Waals surface area (Å²) in [6.07, 6.45) is -1.19. The number of hydrogen-bond acceptors (Lipinski definition) is 6. The molecule has 10 heteroatoms. The highest BCUT2D eigenvalue weighted by Crippen LogP contribution is 2.38. The van der Waals surface area contributed by atoms with Crippen LogP contribution in [0, 0.1) is 0 Å². The van der Waals surface area contributed by atoms with Gasteiger partial charge in [-0.3, -0.25) is 19.5 Å². The monoisotopic (exact) mass is 256 g/mol. The van der Waals surface area contributed by atoms with Gasteiger partial charge in [-0.25, -0.2) is 0 Å². The summed E-state index contributed by atoms with van der Waals surface area (Å²) in [7, 11) is -4.33. The number of nitrogens with one attached hydrogen (secondary N) is 1. The first-order chi connectivity index (χ1) is 7.18. The van der Waals surface area contributed by atoms with E-state index < -0.39 is 37.9 Å². The lowest BCUT2D eigenvalue weighted by atomic mass is 10.3. The molecule has 2 amide bonds. The summed E-state index contributed by atoms with van der Waals surface area (Å²) >= 11 is 0. The molecule has 0 aromatic carbocycles. The lowest BCUT2D eigenvalue weighted by Crippen LogP contribution is -2.24. The normalized spacial score (nSPS) is 22.2. The number of carbonyl (C=O) groups excluding carboxylic acids is 2. The molecule has 1 aliphatic rings. The van der Waals surface area contributed by atoms with Crippen LogP contribution in [0.25, 0.3) is 0 Å². The van der Waals surface area contributed by atoms with E-state index in [4.69, 9.17) is 25.7 Å². The standard InChI is InChI=1S/C4H5NO3.C2H8NO4P/c6-2-1-3(7)5-4(2)8;3-1-2(4)8(5,6)7/h2,6H,1H2,(H,5,7,8);2,4H,1,3H2,(H2,5,6,7). The zero-order valence-corrected chi connectivity index (χ0v) is 9.00. The summed E-state index contributed by atoms with van der Waals surface area (Å²) in [6, 6.07) is 0. The van der Waals surface area contributed by atoms with Gasteiger partial charge in [0.2, 0.25) is 5.91 Å². The van der Waals surface area contributed by atoms with Crippen LogP contribution in [0.4, 0.5) is 0 Å². The molecule has 94 valence electrons. The van der Waals surface area contributed by atoms with E-state index in [2.05, 4.69) is 0 Å². The van der Waals surface area contributed by atoms with E-state index in [1.54, 1.807) is 0 Å². The Balaban J connectivity index is 0.000000281. The lowest BCUT2D eigenvalue weighted by Gasteiger charge is -2.07. The summed E-state index contributed by atoms with van der Waals surface area (Å²) in [5.74, 6) is -2.69. The van der Waals surface area contributed by atoms with Crippen molar-refractivity contribution in [3.05, 3.63) is 0 Å². The number of aliphatic hydroxyl groups excluding tert-OH is 2. The second kappa shape index (κ2) is 6.04. The maximum atomic E-state index is 10.2. The van der Waals surface area contributed by atoms with Crippen LogP contribution < -0.4 is 11.1 Å². The first kappa shape index (κ1) is 15.2. The van der Waals surface area contributed by atoms with E-state index in [0.29, 0.717) is 0 Å². The fourth-order valence-electron chi connectivity index (χ4n) is 0.677. The molecule has 0 bridgehead atoms. The molecule has 0 spiro atoms. The number of aliphatic hydroxyl groups is 2. The fraction of sp³-hybridized carbons (Fsp3) is 0.667. The minimum Gasteiger partial charge on any atom is -0.383 e. The predicted molar refractivity (Wildman–Crippen MR) is 50.9 cm³/mol. The average Bonchev–Trinajstić information content (AvgIpc) is 2.42. The van der Waals surface area contributed by atoms with Gasteiger partial charge in [0.1, 0.15) is 6.10 Å². The zero-order chi connectivity index (χ0) is 12.9. The van der Waals surface area contributed by atoms with Gasteiger partial charge in [0.15, 0.2) is 5.85 Å². The second-order valence-corrected chi connectivity index (χ2v) is 4.71. The summed E-state index contributed by atoms with van der Waals surface area (Å²) in [4.78, 5) is 36.5. The van der Waals surface area contributed by atoms with Crippen LogP contribution in [0.5, 0.6) is 0 Å². The Bertz CT molecular complexity index is 314. The number of carbonyl (C=O) groups is 2. The number of rotatable bonds is 2. The molecular formula is C6H13N2O7P. The Morgan fingerprint density at radius 3 is 2.06 bits per heavy atom. The Hall–Kier alpha value is -0.830. The van der Waals surface area contributed by atoms with Crippen LogP contribution >= 0.6 is 7.60 Å². The van der Waals surface area contributed by atoms with Gasteiger partial charge in [-0.05, 0) is 0 Å². The summed E-state index contributed by atoms with van der Waals surface area (Å²) in [5, 5.41) is 18.8. The smallest absolute Gasteiger partial charge is 0.355 e. The Morgan fingerprint density at radius 1 is 1.50 bits per heavy atom. The van der Waals surface area contributed by atoms with Gasteiger partial charge in [-0.1, -0.05) is 0 Å². The molecule has 0 aliphatic carbocycles. The topological polar surface area (TPSA) is 170 Å². The average molecular weight is 256 g/mol. The quantitative estimate of drug-likeness (QED) is 0.222. The number of hydrogen-bond donors (Lipinski definition) is 6. The molecule has 7 N–H and O–H groups in total. The third kappa shape index (κ3) is 5.31. The molecule has 0 aromatic rings. The first-order valence-electron chi connectivity index (χ1n) is 4.13. The second-order valence-electron chi connectivity index (χ2n) is 2.94. The molecule has 1 heterocycles. The highest BCUT2D eigenvalue weighted by molar-refractivity contribution is 7.52. The number of amides is 2. The molecular weight excluding hydrogens is 243 g/mol. The van der Waals surface area contributed by atoms with E-state index in [-0.39, 0.29) is 6.42 Å². The SMILES string of the molecule is NCC(O)P(=O)(O)O.O=C1CC(O)C(=O)N1. The van der Waals surface area contributed by atoms with Gasteiger partial charge >= 0.3 is 7.60 Å². The van der Waals surface area contributed by atoms with Crippen LogP contribution in [0.15, 0.2) is 0 Å². The van der Waals surface area contributed by atoms with Crippen molar-refractivity contribution >= 4 is 19.4 Å².